The maximum atomic E-state index is 6.46. The van der Waals surface area contributed by atoms with Gasteiger partial charge in [-0.25, -0.2) is 0 Å². The zero-order valence-electron chi connectivity index (χ0n) is 32.1. The molecule has 0 bridgehead atoms. The van der Waals surface area contributed by atoms with Crippen molar-refractivity contribution in [1.82, 2.24) is 4.90 Å². The second-order valence-corrected chi connectivity index (χ2v) is 14.6. The molecule has 0 saturated heterocycles. The van der Waals surface area contributed by atoms with Gasteiger partial charge in [0, 0.05) is 19.8 Å². The summed E-state index contributed by atoms with van der Waals surface area (Å²) in [7, 11) is 4.39. The van der Waals surface area contributed by atoms with Crippen LogP contribution in [0.1, 0.15) is 181 Å². The third kappa shape index (κ3) is 29.5. The van der Waals surface area contributed by atoms with Crippen molar-refractivity contribution < 1.29 is 9.47 Å². The summed E-state index contributed by atoms with van der Waals surface area (Å²) < 4.78 is 12.9. The van der Waals surface area contributed by atoms with E-state index in [2.05, 4.69) is 81.5 Å². The Morgan fingerprint density at radius 2 is 0.787 bits per heavy atom. The number of nitrogens with zero attached hydrogens (tertiary/aromatic N) is 1. The fourth-order valence-corrected chi connectivity index (χ4v) is 6.72. The van der Waals surface area contributed by atoms with E-state index >= 15 is 0 Å². The number of rotatable bonds is 34. The van der Waals surface area contributed by atoms with Crippen molar-refractivity contribution >= 4 is 0 Å². The van der Waals surface area contributed by atoms with Gasteiger partial charge < -0.3 is 14.4 Å². The molecule has 0 aromatic rings. The molecule has 1 fully saturated rings. The van der Waals surface area contributed by atoms with Crippen LogP contribution >= 0.6 is 0 Å². The second-order valence-electron chi connectivity index (χ2n) is 14.6. The molecule has 0 amide bonds. The smallest absolute Gasteiger partial charge is 0.0839 e. The van der Waals surface area contributed by atoms with Gasteiger partial charge in [-0.1, -0.05) is 140 Å². The van der Waals surface area contributed by atoms with Gasteiger partial charge in [0.25, 0.3) is 0 Å². The molecule has 1 aliphatic carbocycles. The van der Waals surface area contributed by atoms with Gasteiger partial charge in [0.1, 0.15) is 0 Å². The highest BCUT2D eigenvalue weighted by Gasteiger charge is 2.35. The van der Waals surface area contributed by atoms with Crippen LogP contribution in [0.3, 0.4) is 0 Å². The first-order valence-electron chi connectivity index (χ1n) is 20.6. The van der Waals surface area contributed by atoms with Crippen LogP contribution in [0.25, 0.3) is 0 Å². The summed E-state index contributed by atoms with van der Waals surface area (Å²) >= 11 is 0. The molecular formula is C44H81NO2. The van der Waals surface area contributed by atoms with E-state index < -0.39 is 0 Å². The van der Waals surface area contributed by atoms with Crippen LogP contribution in [0.2, 0.25) is 0 Å². The summed E-state index contributed by atoms with van der Waals surface area (Å²) in [6.07, 6.45) is 52.7. The van der Waals surface area contributed by atoms with E-state index in [9.17, 15) is 0 Å². The van der Waals surface area contributed by atoms with Crippen LogP contribution in [0.15, 0.2) is 48.6 Å². The zero-order valence-corrected chi connectivity index (χ0v) is 32.1. The summed E-state index contributed by atoms with van der Waals surface area (Å²) in [4.78, 5) is 2.33. The molecule has 0 aromatic heterocycles. The third-order valence-electron chi connectivity index (χ3n) is 9.52. The monoisotopic (exact) mass is 656 g/mol. The minimum atomic E-state index is 0.294. The van der Waals surface area contributed by atoms with E-state index in [1.165, 1.54) is 141 Å². The maximum absolute atomic E-state index is 6.46. The van der Waals surface area contributed by atoms with Crippen LogP contribution in [0.4, 0.5) is 0 Å². The van der Waals surface area contributed by atoms with E-state index in [0.717, 1.165) is 45.4 Å². The van der Waals surface area contributed by atoms with Gasteiger partial charge in [0.15, 0.2) is 0 Å². The molecule has 0 aromatic carbocycles. The molecule has 274 valence electrons. The van der Waals surface area contributed by atoms with Crippen molar-refractivity contribution in [2.24, 2.45) is 5.92 Å². The van der Waals surface area contributed by atoms with Crippen LogP contribution in [-0.2, 0) is 9.47 Å². The molecule has 1 rings (SSSR count). The highest BCUT2D eigenvalue weighted by atomic mass is 16.5. The van der Waals surface area contributed by atoms with Gasteiger partial charge in [0.05, 0.1) is 12.2 Å². The predicted octanol–water partition coefficient (Wildman–Crippen LogP) is 13.4. The Balaban J connectivity index is 2.04. The van der Waals surface area contributed by atoms with Crippen LogP contribution in [0, 0.1) is 5.92 Å². The molecule has 0 spiro atoms. The van der Waals surface area contributed by atoms with Crippen LogP contribution in [-0.4, -0.2) is 51.0 Å². The topological polar surface area (TPSA) is 21.7 Å². The lowest BCUT2D eigenvalue weighted by molar-refractivity contribution is -0.0578. The van der Waals surface area contributed by atoms with Gasteiger partial charge in [-0.2, -0.15) is 0 Å². The van der Waals surface area contributed by atoms with E-state index in [4.69, 9.17) is 9.47 Å². The Kier molecular flexibility index (Phi) is 32.4. The van der Waals surface area contributed by atoms with Gasteiger partial charge in [0.2, 0.25) is 0 Å². The van der Waals surface area contributed by atoms with Crippen molar-refractivity contribution in [3.63, 3.8) is 0 Å². The fourth-order valence-electron chi connectivity index (χ4n) is 6.72. The Morgan fingerprint density at radius 3 is 1.15 bits per heavy atom. The molecule has 0 N–H and O–H groups in total. The molecule has 1 saturated carbocycles. The molecule has 3 heteroatoms. The normalized spacial score (nSPS) is 18.9. The minimum Gasteiger partial charge on any atom is -0.376 e. The quantitative estimate of drug-likeness (QED) is 0.0508. The lowest BCUT2D eigenvalue weighted by atomic mass is 10.1. The molecule has 1 aliphatic rings. The molecule has 47 heavy (non-hydrogen) atoms. The van der Waals surface area contributed by atoms with Gasteiger partial charge in [-0.15, -0.1) is 0 Å². The first-order chi connectivity index (χ1) is 23.2. The lowest BCUT2D eigenvalue weighted by Crippen LogP contribution is -2.27. The average Bonchev–Trinajstić information content (AvgIpc) is 3.44. The number of allylic oxidation sites excluding steroid dienone is 8. The Hall–Kier alpha value is -1.16. The van der Waals surface area contributed by atoms with Crippen LogP contribution < -0.4 is 0 Å². The standard InChI is InChI=1S/C44H81NO2/c1-5-7-9-11-13-15-17-19-21-23-25-27-29-31-33-35-37-46-43-39-42(41-45(3)4)40-44(43)47-38-36-34-32-30-28-26-24-22-20-18-16-14-12-10-8-6-2/h13-16,19-22,42-44H,5-12,17-18,23-41H2,1-4H3/b15-13-,16-14-,21-19-,22-20-/t42?,43-,44+. The van der Waals surface area contributed by atoms with Crippen molar-refractivity contribution in [3.05, 3.63) is 48.6 Å². The second kappa shape index (κ2) is 34.7. The predicted molar refractivity (Wildman–Crippen MR) is 209 cm³/mol. The Morgan fingerprint density at radius 1 is 0.447 bits per heavy atom. The molecular weight excluding hydrogens is 574 g/mol. The Labute approximate surface area is 295 Å². The Bertz CT molecular complexity index is 696. The first-order valence-corrected chi connectivity index (χ1v) is 20.6. The van der Waals surface area contributed by atoms with Gasteiger partial charge >= 0.3 is 0 Å². The molecule has 3 atom stereocenters. The van der Waals surface area contributed by atoms with E-state index in [0.29, 0.717) is 18.1 Å². The molecule has 1 unspecified atom stereocenters. The maximum Gasteiger partial charge on any atom is 0.0839 e. The highest BCUT2D eigenvalue weighted by molar-refractivity contribution is 4.93. The lowest BCUT2D eigenvalue weighted by Gasteiger charge is -2.21. The first kappa shape index (κ1) is 43.9. The highest BCUT2D eigenvalue weighted by Crippen LogP contribution is 2.31. The molecule has 3 nitrogen and oxygen atoms in total. The van der Waals surface area contributed by atoms with E-state index in [-0.39, 0.29) is 0 Å². The number of ether oxygens (including phenoxy) is 2. The minimum absolute atomic E-state index is 0.294. The molecule has 0 radical (unpaired) electrons. The largest absolute Gasteiger partial charge is 0.376 e. The third-order valence-corrected chi connectivity index (χ3v) is 9.52. The molecule has 0 aliphatic heterocycles. The SMILES string of the molecule is CCCCC/C=C\C/C=C\CCCCCCCCO[C@H]1CC(CN(C)C)C[C@H]1OCCCCCCCC/C=C\C/C=C\CCCCC. The van der Waals surface area contributed by atoms with Gasteiger partial charge in [-0.05, 0) is 110 Å². The summed E-state index contributed by atoms with van der Waals surface area (Å²) in [6, 6.07) is 0. The molecule has 0 heterocycles. The summed E-state index contributed by atoms with van der Waals surface area (Å²) in [5, 5.41) is 0. The number of unbranched alkanes of at least 4 members (excludes halogenated alkanes) is 18. The average molecular weight is 656 g/mol. The van der Waals surface area contributed by atoms with Crippen molar-refractivity contribution in [1.29, 1.82) is 0 Å². The zero-order chi connectivity index (χ0) is 33.9. The van der Waals surface area contributed by atoms with E-state index in [1.807, 2.05) is 0 Å². The number of hydrogen-bond acceptors (Lipinski definition) is 3. The van der Waals surface area contributed by atoms with Crippen molar-refractivity contribution in [3.8, 4) is 0 Å². The summed E-state index contributed by atoms with van der Waals surface area (Å²) in [6.45, 7) is 7.49. The number of hydrogen-bond donors (Lipinski definition) is 0. The van der Waals surface area contributed by atoms with Crippen molar-refractivity contribution in [2.75, 3.05) is 33.9 Å². The van der Waals surface area contributed by atoms with Crippen molar-refractivity contribution in [2.45, 2.75) is 193 Å². The van der Waals surface area contributed by atoms with E-state index in [1.54, 1.807) is 0 Å². The van der Waals surface area contributed by atoms with Crippen LogP contribution in [0.5, 0.6) is 0 Å². The van der Waals surface area contributed by atoms with Gasteiger partial charge in [-0.3, -0.25) is 0 Å². The summed E-state index contributed by atoms with van der Waals surface area (Å²) in [5.41, 5.74) is 0. The summed E-state index contributed by atoms with van der Waals surface area (Å²) in [5.74, 6) is 0.701. The fraction of sp³-hybridized carbons (Fsp3) is 0.818.